The van der Waals surface area contributed by atoms with Gasteiger partial charge in [0.05, 0.1) is 17.3 Å². The van der Waals surface area contributed by atoms with Gasteiger partial charge >= 0.3 is 6.18 Å². The lowest BCUT2D eigenvalue weighted by molar-refractivity contribution is -0.141. The van der Waals surface area contributed by atoms with Crippen LogP contribution in [0.3, 0.4) is 0 Å². The summed E-state index contributed by atoms with van der Waals surface area (Å²) in [6, 6.07) is 8.86. The number of alkyl halides is 3. The van der Waals surface area contributed by atoms with Gasteiger partial charge in [-0.1, -0.05) is 40.3 Å². The molecule has 1 amide bonds. The minimum atomic E-state index is -4.39. The number of nitrogens with zero attached hydrogens (tertiary/aromatic N) is 3. The van der Waals surface area contributed by atoms with E-state index in [-0.39, 0.29) is 30.8 Å². The third-order valence-electron chi connectivity index (χ3n) is 7.60. The highest BCUT2D eigenvalue weighted by Gasteiger charge is 2.41. The number of nitrogens with one attached hydrogen (secondary N) is 1. The number of piperidine rings is 1. The number of halogens is 4. The summed E-state index contributed by atoms with van der Waals surface area (Å²) in [7, 11) is 0. The van der Waals surface area contributed by atoms with Crippen LogP contribution in [0, 0.1) is 11.3 Å². The van der Waals surface area contributed by atoms with E-state index in [1.165, 1.54) is 0 Å². The normalized spacial score (nSPS) is 20.6. The number of hydrogen-bond acceptors (Lipinski definition) is 4. The number of pyridine rings is 1. The van der Waals surface area contributed by atoms with Crippen molar-refractivity contribution in [3.05, 3.63) is 63.9 Å². The van der Waals surface area contributed by atoms with Crippen LogP contribution in [0.25, 0.3) is 0 Å². The standard InChI is InChI=1S/C28H36BrF3N4O.CH4/c1-27(2,3)24-18-35(14-15-36(24)25(37)16-19-10-12-33-13-11-19)26(23-9-8-22(29)17-34-23)20-4-6-21(7-5-20)28(30,31)32;/h4-9,17,19,24,26,33H,10-16,18H2,1-3H3;1H4/t24-,26?;/m1./s1. The van der Waals surface area contributed by atoms with Gasteiger partial charge in [-0.15, -0.1) is 0 Å². The van der Waals surface area contributed by atoms with Crippen LogP contribution < -0.4 is 5.32 Å². The molecule has 2 fully saturated rings. The van der Waals surface area contributed by atoms with Crippen molar-refractivity contribution in [1.82, 2.24) is 20.1 Å². The fourth-order valence-electron chi connectivity index (χ4n) is 5.50. The number of aromatic nitrogens is 1. The highest BCUT2D eigenvalue weighted by atomic mass is 79.9. The Morgan fingerprint density at radius 1 is 1.08 bits per heavy atom. The van der Waals surface area contributed by atoms with Gasteiger partial charge in [0.1, 0.15) is 0 Å². The van der Waals surface area contributed by atoms with Crippen molar-refractivity contribution in [2.75, 3.05) is 32.7 Å². The van der Waals surface area contributed by atoms with Crippen molar-refractivity contribution in [2.45, 2.75) is 65.7 Å². The topological polar surface area (TPSA) is 48.5 Å². The smallest absolute Gasteiger partial charge is 0.337 e. The summed E-state index contributed by atoms with van der Waals surface area (Å²) in [6.45, 7) is 10.2. The molecule has 0 spiro atoms. The van der Waals surface area contributed by atoms with Crippen LogP contribution in [0.1, 0.15) is 70.3 Å². The lowest BCUT2D eigenvalue weighted by atomic mass is 9.82. The third-order valence-corrected chi connectivity index (χ3v) is 8.07. The summed E-state index contributed by atoms with van der Waals surface area (Å²) in [4.78, 5) is 22.4. The first kappa shape index (κ1) is 30.6. The molecule has 0 bridgehead atoms. The zero-order valence-corrected chi connectivity index (χ0v) is 23.3. The van der Waals surface area contributed by atoms with Crippen LogP contribution in [0.4, 0.5) is 13.2 Å². The Bertz CT molecular complexity index is 1050. The molecule has 2 aliphatic rings. The fourth-order valence-corrected chi connectivity index (χ4v) is 5.74. The summed E-state index contributed by atoms with van der Waals surface area (Å²) in [5.41, 5.74) is 0.690. The number of rotatable bonds is 5. The van der Waals surface area contributed by atoms with E-state index in [9.17, 15) is 18.0 Å². The first-order valence-corrected chi connectivity index (χ1v) is 13.8. The highest BCUT2D eigenvalue weighted by Crippen LogP contribution is 2.37. The number of hydrogen-bond donors (Lipinski definition) is 1. The summed E-state index contributed by atoms with van der Waals surface area (Å²) in [5, 5.41) is 3.36. The monoisotopic (exact) mass is 596 g/mol. The van der Waals surface area contributed by atoms with Gasteiger partial charge in [0.25, 0.3) is 0 Å². The van der Waals surface area contributed by atoms with E-state index in [2.05, 4.69) is 56.8 Å². The molecule has 1 aromatic heterocycles. The summed E-state index contributed by atoms with van der Waals surface area (Å²) >= 11 is 3.43. The zero-order valence-electron chi connectivity index (χ0n) is 21.7. The molecule has 2 saturated heterocycles. The van der Waals surface area contributed by atoms with E-state index < -0.39 is 11.7 Å². The molecular weight excluding hydrogens is 557 g/mol. The molecule has 3 heterocycles. The maximum atomic E-state index is 13.5. The van der Waals surface area contributed by atoms with Crippen LogP contribution in [-0.2, 0) is 11.0 Å². The quantitative estimate of drug-likeness (QED) is 0.426. The van der Waals surface area contributed by atoms with Crippen molar-refractivity contribution in [3.8, 4) is 0 Å². The molecule has 4 rings (SSSR count). The highest BCUT2D eigenvalue weighted by molar-refractivity contribution is 9.10. The molecule has 2 atom stereocenters. The Balaban J connectivity index is 0.00000400. The van der Waals surface area contributed by atoms with Gasteiger partial charge in [-0.05, 0) is 83.0 Å². The van der Waals surface area contributed by atoms with Gasteiger partial charge in [-0.2, -0.15) is 13.2 Å². The second-order valence-electron chi connectivity index (χ2n) is 11.3. The Morgan fingerprint density at radius 2 is 1.74 bits per heavy atom. The second-order valence-corrected chi connectivity index (χ2v) is 12.2. The Kier molecular flexibility index (Phi) is 10.0. The van der Waals surface area contributed by atoms with Crippen LogP contribution in [0.2, 0.25) is 0 Å². The second kappa shape index (κ2) is 12.5. The van der Waals surface area contributed by atoms with Gasteiger partial charge < -0.3 is 10.2 Å². The number of piperazine rings is 1. The first-order valence-electron chi connectivity index (χ1n) is 13.0. The lowest BCUT2D eigenvalue weighted by Gasteiger charge is -2.49. The van der Waals surface area contributed by atoms with E-state index in [0.717, 1.165) is 53.8 Å². The predicted octanol–water partition coefficient (Wildman–Crippen LogP) is 6.54. The maximum absolute atomic E-state index is 13.5. The SMILES string of the molecule is C.CC(C)(C)[C@H]1CN(C(c2ccc(C(F)(F)F)cc2)c2ccc(Br)cn2)CCN1C(=O)CC1CCNCC1. The number of benzene rings is 1. The molecule has 1 aromatic carbocycles. The molecule has 2 aromatic rings. The van der Waals surface area contributed by atoms with Crippen molar-refractivity contribution in [3.63, 3.8) is 0 Å². The van der Waals surface area contributed by atoms with Crippen molar-refractivity contribution < 1.29 is 18.0 Å². The Labute approximate surface area is 233 Å². The minimum Gasteiger partial charge on any atom is -0.337 e. The first-order chi connectivity index (χ1) is 17.4. The van der Waals surface area contributed by atoms with Crippen molar-refractivity contribution in [2.24, 2.45) is 11.3 Å². The molecule has 38 heavy (non-hydrogen) atoms. The molecule has 2 aliphatic heterocycles. The zero-order chi connectivity index (χ0) is 26.8. The molecule has 9 heteroatoms. The van der Waals surface area contributed by atoms with Gasteiger partial charge in [0.15, 0.2) is 0 Å². The van der Waals surface area contributed by atoms with E-state index in [0.29, 0.717) is 32.0 Å². The van der Waals surface area contributed by atoms with Gasteiger partial charge in [-0.25, -0.2) is 0 Å². The average molecular weight is 598 g/mol. The van der Waals surface area contributed by atoms with E-state index >= 15 is 0 Å². The van der Waals surface area contributed by atoms with Gasteiger partial charge in [0.2, 0.25) is 5.91 Å². The van der Waals surface area contributed by atoms with E-state index in [1.807, 2.05) is 12.1 Å². The molecule has 0 radical (unpaired) electrons. The minimum absolute atomic E-state index is 0. The summed E-state index contributed by atoms with van der Waals surface area (Å²) in [6.07, 6.45) is -0.0484. The van der Waals surface area contributed by atoms with Gasteiger partial charge in [0, 0.05) is 42.8 Å². The fraction of sp³-hybridized carbons (Fsp3) is 0.586. The molecular formula is C29H40BrF3N4O. The molecule has 210 valence electrons. The van der Waals surface area contributed by atoms with Crippen molar-refractivity contribution >= 4 is 21.8 Å². The van der Waals surface area contributed by atoms with Crippen LogP contribution in [-0.4, -0.2) is 59.5 Å². The van der Waals surface area contributed by atoms with Gasteiger partial charge in [-0.3, -0.25) is 14.7 Å². The van der Waals surface area contributed by atoms with E-state index in [1.54, 1.807) is 18.3 Å². The molecule has 0 aliphatic carbocycles. The largest absolute Gasteiger partial charge is 0.416 e. The third kappa shape index (κ3) is 7.36. The van der Waals surface area contributed by atoms with Crippen LogP contribution >= 0.6 is 15.9 Å². The lowest BCUT2D eigenvalue weighted by Crippen LogP contribution is -2.60. The van der Waals surface area contributed by atoms with Crippen molar-refractivity contribution in [1.29, 1.82) is 0 Å². The maximum Gasteiger partial charge on any atom is 0.416 e. The Morgan fingerprint density at radius 3 is 2.29 bits per heavy atom. The number of carbonyl (C=O) groups excluding carboxylic acids is 1. The van der Waals surface area contributed by atoms with E-state index in [4.69, 9.17) is 0 Å². The van der Waals surface area contributed by atoms with Crippen LogP contribution in [0.15, 0.2) is 47.1 Å². The molecule has 5 nitrogen and oxygen atoms in total. The summed E-state index contributed by atoms with van der Waals surface area (Å²) < 4.78 is 40.6. The molecule has 1 unspecified atom stereocenters. The molecule has 0 saturated carbocycles. The average Bonchev–Trinajstić information content (AvgIpc) is 2.85. The van der Waals surface area contributed by atoms with Crippen LogP contribution in [0.5, 0.6) is 0 Å². The molecule has 1 N–H and O–H groups in total. The number of amides is 1. The Hall–Kier alpha value is -1.97. The predicted molar refractivity (Wildman–Crippen MR) is 149 cm³/mol. The number of carbonyl (C=O) groups is 1. The summed E-state index contributed by atoms with van der Waals surface area (Å²) in [5.74, 6) is 0.624.